The van der Waals surface area contributed by atoms with Crippen molar-refractivity contribution >= 4 is 77.3 Å². The molecule has 0 saturated carbocycles. The zero-order valence-electron chi connectivity index (χ0n) is 20.1. The molecule has 11 heteroatoms. The second kappa shape index (κ2) is 9.74. The van der Waals surface area contributed by atoms with Crippen molar-refractivity contribution < 1.29 is 27.5 Å². The molecule has 0 saturated heterocycles. The fourth-order valence-corrected chi connectivity index (χ4v) is 6.57. The Bertz CT molecular complexity index is 1360. The van der Waals surface area contributed by atoms with Crippen LogP contribution in [0.5, 0.6) is 0 Å². The highest BCUT2D eigenvalue weighted by Crippen LogP contribution is 2.38. The number of benzene rings is 2. The standard InChI is InChI=1S/C24H26BrIN2O6S/c1-23(2,3)33-21(29)27(22(30)34-24(4,5)6)18-13-12-17-16(20(18)25)14-19(26)28(17)35(31,32)15-10-8-7-9-11-15/h7-14H,1-6H3. The first-order valence-electron chi connectivity index (χ1n) is 10.6. The molecule has 0 unspecified atom stereocenters. The number of anilines is 1. The van der Waals surface area contributed by atoms with E-state index in [1.165, 1.54) is 22.2 Å². The van der Waals surface area contributed by atoms with Crippen LogP contribution in [0.2, 0.25) is 0 Å². The molecule has 3 rings (SSSR count). The summed E-state index contributed by atoms with van der Waals surface area (Å²) in [4.78, 5) is 27.1. The number of carbonyl (C=O) groups excluding carboxylic acids is 2. The average molecular weight is 677 g/mol. The van der Waals surface area contributed by atoms with Gasteiger partial charge in [-0.1, -0.05) is 18.2 Å². The molecule has 1 heterocycles. The van der Waals surface area contributed by atoms with Crippen LogP contribution in [-0.4, -0.2) is 35.8 Å². The van der Waals surface area contributed by atoms with Crippen molar-refractivity contribution in [3.63, 3.8) is 0 Å². The Balaban J connectivity index is 2.20. The first-order chi connectivity index (χ1) is 16.0. The predicted molar refractivity (Wildman–Crippen MR) is 146 cm³/mol. The molecule has 0 aliphatic heterocycles. The van der Waals surface area contributed by atoms with Gasteiger partial charge >= 0.3 is 12.2 Å². The lowest BCUT2D eigenvalue weighted by Crippen LogP contribution is -2.44. The van der Waals surface area contributed by atoms with E-state index in [0.717, 1.165) is 4.90 Å². The summed E-state index contributed by atoms with van der Waals surface area (Å²) in [5, 5.41) is 0.489. The number of nitrogens with zero attached hydrogens (tertiary/aromatic N) is 2. The third-order valence-corrected chi connectivity index (χ3v) is 8.18. The molecule has 0 aliphatic rings. The van der Waals surface area contributed by atoms with Crippen LogP contribution in [0.25, 0.3) is 10.9 Å². The molecule has 8 nitrogen and oxygen atoms in total. The maximum absolute atomic E-state index is 13.4. The quantitative estimate of drug-likeness (QED) is 0.280. The minimum atomic E-state index is -3.89. The molecule has 1 aromatic heterocycles. The van der Waals surface area contributed by atoms with Crippen LogP contribution in [0, 0.1) is 3.70 Å². The van der Waals surface area contributed by atoms with Crippen LogP contribution in [0.15, 0.2) is 57.9 Å². The summed E-state index contributed by atoms with van der Waals surface area (Å²) in [7, 11) is -3.89. The highest BCUT2D eigenvalue weighted by molar-refractivity contribution is 14.1. The lowest BCUT2D eigenvalue weighted by Gasteiger charge is -2.29. The SMILES string of the molecule is CC(C)(C)OC(=O)N(C(=O)OC(C)(C)C)c1ccc2c(cc(I)n2S(=O)(=O)c2ccccc2)c1Br. The van der Waals surface area contributed by atoms with Gasteiger partial charge in [0.25, 0.3) is 10.0 Å². The van der Waals surface area contributed by atoms with E-state index in [4.69, 9.17) is 9.47 Å². The van der Waals surface area contributed by atoms with Gasteiger partial charge in [-0.2, -0.15) is 4.90 Å². The molecule has 188 valence electrons. The number of halogens is 2. The molecule has 0 N–H and O–H groups in total. The fraction of sp³-hybridized carbons (Fsp3) is 0.333. The van der Waals surface area contributed by atoms with Crippen molar-refractivity contribution in [1.29, 1.82) is 0 Å². The summed E-state index contributed by atoms with van der Waals surface area (Å²) in [5.74, 6) is 0. The molecule has 2 amide bonds. The number of amides is 2. The van der Waals surface area contributed by atoms with Crippen LogP contribution in [0.3, 0.4) is 0 Å². The van der Waals surface area contributed by atoms with Crippen molar-refractivity contribution in [3.8, 4) is 0 Å². The van der Waals surface area contributed by atoms with Gasteiger partial charge in [0.2, 0.25) is 0 Å². The lowest BCUT2D eigenvalue weighted by molar-refractivity contribution is 0.0430. The van der Waals surface area contributed by atoms with Crippen molar-refractivity contribution in [2.75, 3.05) is 4.90 Å². The Labute approximate surface area is 226 Å². The molecule has 0 radical (unpaired) electrons. The van der Waals surface area contributed by atoms with E-state index in [2.05, 4.69) is 15.9 Å². The maximum atomic E-state index is 13.4. The van der Waals surface area contributed by atoms with Crippen LogP contribution in [0.1, 0.15) is 41.5 Å². The first-order valence-corrected chi connectivity index (χ1v) is 13.9. The van der Waals surface area contributed by atoms with E-state index in [-0.39, 0.29) is 10.6 Å². The van der Waals surface area contributed by atoms with Gasteiger partial charge in [-0.15, -0.1) is 0 Å². The zero-order chi connectivity index (χ0) is 26.3. The number of aromatic nitrogens is 1. The van der Waals surface area contributed by atoms with E-state index < -0.39 is 33.4 Å². The van der Waals surface area contributed by atoms with Gasteiger partial charge in [-0.05, 0) is 110 Å². The smallest absolute Gasteiger partial charge is 0.424 e. The normalized spacial score (nSPS) is 12.5. The maximum Gasteiger partial charge on any atom is 0.424 e. The summed E-state index contributed by atoms with van der Waals surface area (Å²) in [6.07, 6.45) is -1.84. The minimum Gasteiger partial charge on any atom is -0.443 e. The Kier molecular flexibility index (Phi) is 7.64. The highest BCUT2D eigenvalue weighted by Gasteiger charge is 2.35. The third kappa shape index (κ3) is 6.00. The number of hydrogen-bond acceptors (Lipinski definition) is 6. The van der Waals surface area contributed by atoms with Crippen LogP contribution < -0.4 is 4.90 Å². The van der Waals surface area contributed by atoms with Gasteiger partial charge < -0.3 is 9.47 Å². The number of hydrogen-bond donors (Lipinski definition) is 0. The molecule has 35 heavy (non-hydrogen) atoms. The highest BCUT2D eigenvalue weighted by atomic mass is 127. The Morgan fingerprint density at radius 2 is 1.43 bits per heavy atom. The molecule has 0 aliphatic carbocycles. The Morgan fingerprint density at radius 1 is 0.914 bits per heavy atom. The van der Waals surface area contributed by atoms with Gasteiger partial charge in [-0.3, -0.25) is 0 Å². The van der Waals surface area contributed by atoms with E-state index >= 15 is 0 Å². The molecule has 0 bridgehead atoms. The van der Waals surface area contributed by atoms with E-state index in [1.807, 2.05) is 22.6 Å². The third-order valence-electron chi connectivity index (χ3n) is 4.49. The van der Waals surface area contributed by atoms with Crippen LogP contribution in [0.4, 0.5) is 15.3 Å². The summed E-state index contributed by atoms with van der Waals surface area (Å²) >= 11 is 5.42. The van der Waals surface area contributed by atoms with E-state index in [1.54, 1.807) is 71.9 Å². The van der Waals surface area contributed by atoms with Gasteiger partial charge in [0.1, 0.15) is 11.2 Å². The van der Waals surface area contributed by atoms with Gasteiger partial charge in [-0.25, -0.2) is 22.0 Å². The lowest BCUT2D eigenvalue weighted by atomic mass is 10.2. The van der Waals surface area contributed by atoms with E-state index in [0.29, 0.717) is 19.1 Å². The molecular formula is C24H26BrIN2O6S. The van der Waals surface area contributed by atoms with Crippen molar-refractivity contribution in [3.05, 3.63) is 56.7 Å². The predicted octanol–water partition coefficient (Wildman–Crippen LogP) is 6.92. The Hall–Kier alpha value is -2.12. The van der Waals surface area contributed by atoms with Crippen molar-refractivity contribution in [2.45, 2.75) is 57.6 Å². The van der Waals surface area contributed by atoms with Crippen molar-refractivity contribution in [2.24, 2.45) is 0 Å². The van der Waals surface area contributed by atoms with Gasteiger partial charge in [0.05, 0.1) is 24.3 Å². The summed E-state index contributed by atoms with van der Waals surface area (Å²) in [6.45, 7) is 10.1. The second-order valence-corrected chi connectivity index (χ2v) is 13.4. The largest absolute Gasteiger partial charge is 0.443 e. The molecule has 0 fully saturated rings. The first kappa shape index (κ1) is 27.5. The fourth-order valence-electron chi connectivity index (χ4n) is 3.18. The monoisotopic (exact) mass is 676 g/mol. The number of carbonyl (C=O) groups is 2. The number of imide groups is 1. The molecule has 0 atom stereocenters. The molecule has 0 spiro atoms. The number of rotatable bonds is 3. The summed E-state index contributed by atoms with van der Waals surface area (Å²) in [5.41, 5.74) is -1.19. The molecule has 2 aromatic carbocycles. The number of ether oxygens (including phenoxy) is 2. The van der Waals surface area contributed by atoms with Crippen LogP contribution in [-0.2, 0) is 19.5 Å². The average Bonchev–Trinajstić information content (AvgIpc) is 3.05. The second-order valence-electron chi connectivity index (χ2n) is 9.68. The summed E-state index contributed by atoms with van der Waals surface area (Å²) < 4.78 is 39.7. The Morgan fingerprint density at radius 3 is 1.91 bits per heavy atom. The topological polar surface area (TPSA) is 94.9 Å². The van der Waals surface area contributed by atoms with Crippen LogP contribution >= 0.6 is 38.5 Å². The molecule has 3 aromatic rings. The van der Waals surface area contributed by atoms with E-state index in [9.17, 15) is 18.0 Å². The molecular weight excluding hydrogens is 651 g/mol. The zero-order valence-corrected chi connectivity index (χ0v) is 24.7. The summed E-state index contributed by atoms with van der Waals surface area (Å²) in [6, 6.07) is 12.8. The van der Waals surface area contributed by atoms with Gasteiger partial charge in [0, 0.05) is 5.39 Å². The minimum absolute atomic E-state index is 0.139. The number of fused-ring (bicyclic) bond motifs is 1. The van der Waals surface area contributed by atoms with Crippen molar-refractivity contribution in [1.82, 2.24) is 3.97 Å². The van der Waals surface area contributed by atoms with Gasteiger partial charge in [0.15, 0.2) is 0 Å².